The molecule has 0 saturated carbocycles. The van der Waals surface area contributed by atoms with Crippen LogP contribution in [-0.2, 0) is 11.2 Å². The highest BCUT2D eigenvalue weighted by Gasteiger charge is 2.18. The van der Waals surface area contributed by atoms with Gasteiger partial charge in [-0.25, -0.2) is 19.6 Å². The highest BCUT2D eigenvalue weighted by Crippen LogP contribution is 2.18. The molecule has 0 fully saturated rings. The summed E-state index contributed by atoms with van der Waals surface area (Å²) in [5.74, 6) is 0.979. The summed E-state index contributed by atoms with van der Waals surface area (Å²) in [5.41, 5.74) is 5.21. The number of pyridine rings is 1. The highest BCUT2D eigenvalue weighted by atomic mass is 16.1. The van der Waals surface area contributed by atoms with E-state index in [4.69, 9.17) is 0 Å². The molecule has 0 spiro atoms. The van der Waals surface area contributed by atoms with Crippen LogP contribution in [0.1, 0.15) is 33.9 Å². The zero-order chi connectivity index (χ0) is 18.8. The Hall–Kier alpha value is -3.09. The molecular weight excluding hydrogens is 328 g/mol. The second kappa shape index (κ2) is 7.03. The molecule has 26 heavy (non-hydrogen) atoms. The summed E-state index contributed by atoms with van der Waals surface area (Å²) in [5, 5.41) is 7.40. The first-order chi connectivity index (χ1) is 12.3. The Morgan fingerprint density at radius 3 is 2.46 bits per heavy atom. The zero-order valence-electron chi connectivity index (χ0n) is 15.7. The number of aryl methyl sites for hydroxylation is 4. The summed E-state index contributed by atoms with van der Waals surface area (Å²) in [6.07, 6.45) is 1.88. The third kappa shape index (κ3) is 3.61. The molecule has 3 aromatic rings. The molecule has 1 N–H and O–H groups in total. The van der Waals surface area contributed by atoms with Crippen LogP contribution in [0.3, 0.4) is 0 Å². The molecule has 0 bridgehead atoms. The van der Waals surface area contributed by atoms with Gasteiger partial charge in [0.1, 0.15) is 5.82 Å². The topological polar surface area (TPSA) is 85.6 Å². The number of amides is 1. The van der Waals surface area contributed by atoms with Gasteiger partial charge in [0, 0.05) is 28.8 Å². The van der Waals surface area contributed by atoms with E-state index in [-0.39, 0.29) is 12.3 Å². The van der Waals surface area contributed by atoms with Crippen LogP contribution >= 0.6 is 0 Å². The van der Waals surface area contributed by atoms with Crippen LogP contribution in [0.15, 0.2) is 24.4 Å². The normalized spacial score (nSPS) is 10.8. The first-order valence-electron chi connectivity index (χ1n) is 8.44. The van der Waals surface area contributed by atoms with E-state index < -0.39 is 0 Å². The van der Waals surface area contributed by atoms with Gasteiger partial charge in [-0.3, -0.25) is 4.79 Å². The van der Waals surface area contributed by atoms with Crippen molar-refractivity contribution in [2.24, 2.45) is 0 Å². The van der Waals surface area contributed by atoms with Gasteiger partial charge in [0.25, 0.3) is 5.95 Å². The third-order valence-corrected chi connectivity index (χ3v) is 4.21. The Labute approximate surface area is 152 Å². The van der Waals surface area contributed by atoms with Gasteiger partial charge in [0.15, 0.2) is 0 Å². The fraction of sp³-hybridized carbons (Fsp3) is 0.316. The number of anilines is 1. The van der Waals surface area contributed by atoms with E-state index in [9.17, 15) is 4.79 Å². The fourth-order valence-corrected chi connectivity index (χ4v) is 2.88. The van der Waals surface area contributed by atoms with E-state index in [1.807, 2.05) is 52.8 Å². The zero-order valence-corrected chi connectivity index (χ0v) is 15.7. The molecule has 0 aliphatic rings. The Kier molecular flexibility index (Phi) is 4.79. The van der Waals surface area contributed by atoms with Gasteiger partial charge in [-0.1, -0.05) is 6.07 Å². The van der Waals surface area contributed by atoms with Crippen molar-refractivity contribution < 1.29 is 4.79 Å². The number of rotatable bonds is 4. The number of hydrogen-bond donors (Lipinski definition) is 1. The van der Waals surface area contributed by atoms with Gasteiger partial charge in [-0.05, 0) is 52.3 Å². The molecule has 3 rings (SSSR count). The second-order valence-corrected chi connectivity index (χ2v) is 6.41. The lowest BCUT2D eigenvalue weighted by Gasteiger charge is -2.08. The predicted molar refractivity (Wildman–Crippen MR) is 99.4 cm³/mol. The smallest absolute Gasteiger partial charge is 0.251 e. The van der Waals surface area contributed by atoms with Crippen molar-refractivity contribution >= 4 is 11.7 Å². The third-order valence-electron chi connectivity index (χ3n) is 4.21. The van der Waals surface area contributed by atoms with Gasteiger partial charge in [0.2, 0.25) is 5.91 Å². The van der Waals surface area contributed by atoms with Crippen molar-refractivity contribution in [3.8, 4) is 5.95 Å². The maximum absolute atomic E-state index is 12.5. The van der Waals surface area contributed by atoms with Crippen molar-refractivity contribution in [1.82, 2.24) is 24.7 Å². The molecule has 7 heteroatoms. The molecule has 7 nitrogen and oxygen atoms in total. The van der Waals surface area contributed by atoms with Crippen LogP contribution in [-0.4, -0.2) is 30.6 Å². The number of nitrogens with one attached hydrogen (secondary N) is 1. The molecule has 0 aromatic carbocycles. The van der Waals surface area contributed by atoms with Gasteiger partial charge < -0.3 is 5.32 Å². The van der Waals surface area contributed by atoms with Crippen molar-refractivity contribution in [2.45, 2.75) is 41.0 Å². The van der Waals surface area contributed by atoms with E-state index in [2.05, 4.69) is 25.4 Å². The number of carbonyl (C=O) groups is 1. The Morgan fingerprint density at radius 2 is 1.81 bits per heavy atom. The van der Waals surface area contributed by atoms with E-state index in [1.165, 1.54) is 0 Å². The molecule has 0 unspecified atom stereocenters. The molecule has 134 valence electrons. The molecule has 3 heterocycles. The molecule has 0 atom stereocenters. The minimum absolute atomic E-state index is 0.126. The molecule has 0 aliphatic heterocycles. The number of nitrogens with zero attached hydrogens (tertiary/aromatic N) is 5. The minimum Gasteiger partial charge on any atom is -0.310 e. The van der Waals surface area contributed by atoms with Gasteiger partial charge >= 0.3 is 0 Å². The maximum Gasteiger partial charge on any atom is 0.251 e. The summed E-state index contributed by atoms with van der Waals surface area (Å²) in [6, 6.07) is 5.67. The maximum atomic E-state index is 12.5. The van der Waals surface area contributed by atoms with Crippen molar-refractivity contribution in [2.75, 3.05) is 5.32 Å². The van der Waals surface area contributed by atoms with Crippen LogP contribution in [0.4, 0.5) is 5.82 Å². The molecule has 0 radical (unpaired) electrons. The van der Waals surface area contributed by atoms with E-state index in [0.29, 0.717) is 11.8 Å². The lowest BCUT2D eigenvalue weighted by atomic mass is 10.1. The van der Waals surface area contributed by atoms with Crippen LogP contribution in [0, 0.1) is 34.6 Å². The fourth-order valence-electron chi connectivity index (χ4n) is 2.88. The molecule has 3 aromatic heterocycles. The monoisotopic (exact) mass is 350 g/mol. The van der Waals surface area contributed by atoms with Crippen molar-refractivity contribution in [3.63, 3.8) is 0 Å². The van der Waals surface area contributed by atoms with Crippen molar-refractivity contribution in [3.05, 3.63) is 58.3 Å². The highest BCUT2D eigenvalue weighted by molar-refractivity contribution is 5.92. The average molecular weight is 350 g/mol. The largest absolute Gasteiger partial charge is 0.310 e. The van der Waals surface area contributed by atoms with E-state index >= 15 is 0 Å². The average Bonchev–Trinajstić information content (AvgIpc) is 2.84. The van der Waals surface area contributed by atoms with Crippen LogP contribution in [0.2, 0.25) is 0 Å². The van der Waals surface area contributed by atoms with Gasteiger partial charge in [-0.15, -0.1) is 0 Å². The SMILES string of the molecule is Cc1cc(C)nc(-n2nc(C)c(CC(=O)Nc3ncccc3C)c2C)n1. The Bertz CT molecular complexity index is 956. The lowest BCUT2D eigenvalue weighted by molar-refractivity contribution is -0.115. The summed E-state index contributed by atoms with van der Waals surface area (Å²) < 4.78 is 1.70. The number of aromatic nitrogens is 5. The van der Waals surface area contributed by atoms with Crippen LogP contribution in [0.25, 0.3) is 5.95 Å². The standard InChI is InChI=1S/C19H22N6O/c1-11-7-6-8-20-18(11)23-17(26)10-16-14(4)24-25(15(16)5)19-21-12(2)9-13(3)22-19/h6-9H,10H2,1-5H3,(H,20,23,26). The quantitative estimate of drug-likeness (QED) is 0.782. The summed E-state index contributed by atoms with van der Waals surface area (Å²) >= 11 is 0. The number of carbonyl (C=O) groups excluding carboxylic acids is 1. The predicted octanol–water partition coefficient (Wildman–Crippen LogP) is 2.78. The summed E-state index contributed by atoms with van der Waals surface area (Å²) in [7, 11) is 0. The van der Waals surface area contributed by atoms with E-state index in [0.717, 1.165) is 33.9 Å². The van der Waals surface area contributed by atoms with Crippen molar-refractivity contribution in [1.29, 1.82) is 0 Å². The molecular formula is C19H22N6O. The first-order valence-corrected chi connectivity index (χ1v) is 8.44. The molecule has 0 aliphatic carbocycles. The summed E-state index contributed by atoms with van der Waals surface area (Å²) in [4.78, 5) is 25.6. The molecule has 0 saturated heterocycles. The molecule has 1 amide bonds. The Morgan fingerprint density at radius 1 is 1.12 bits per heavy atom. The van der Waals surface area contributed by atoms with Gasteiger partial charge in [-0.2, -0.15) is 5.10 Å². The Balaban J connectivity index is 1.86. The summed E-state index contributed by atoms with van der Waals surface area (Å²) in [6.45, 7) is 9.58. The minimum atomic E-state index is -0.126. The van der Waals surface area contributed by atoms with Crippen LogP contribution in [0.5, 0.6) is 0 Å². The first kappa shape index (κ1) is 17.7. The number of hydrogen-bond acceptors (Lipinski definition) is 5. The second-order valence-electron chi connectivity index (χ2n) is 6.41. The van der Waals surface area contributed by atoms with Gasteiger partial charge in [0.05, 0.1) is 12.1 Å². The van der Waals surface area contributed by atoms with E-state index in [1.54, 1.807) is 10.9 Å². The van der Waals surface area contributed by atoms with Crippen LogP contribution < -0.4 is 5.32 Å². The lowest BCUT2D eigenvalue weighted by Crippen LogP contribution is -2.17.